The number of hydrogen-bond donors (Lipinski definition) is 2. The van der Waals surface area contributed by atoms with Gasteiger partial charge in [0.1, 0.15) is 12.3 Å². The van der Waals surface area contributed by atoms with Crippen molar-refractivity contribution in [2.75, 3.05) is 19.8 Å². The fourth-order valence-electron chi connectivity index (χ4n) is 2.44. The van der Waals surface area contributed by atoms with Gasteiger partial charge in [0.25, 0.3) is 0 Å². The minimum atomic E-state index is -0.871. The first-order valence-electron chi connectivity index (χ1n) is 8.90. The van der Waals surface area contributed by atoms with E-state index in [0.717, 1.165) is 5.39 Å². The first-order chi connectivity index (χ1) is 13.4. The van der Waals surface area contributed by atoms with Gasteiger partial charge in [0, 0.05) is 17.9 Å². The van der Waals surface area contributed by atoms with Gasteiger partial charge in [0.2, 0.25) is 5.91 Å². The molecule has 28 heavy (non-hydrogen) atoms. The maximum atomic E-state index is 11.9. The molecule has 0 spiro atoms. The van der Waals surface area contributed by atoms with Crippen molar-refractivity contribution in [3.8, 4) is 5.75 Å². The van der Waals surface area contributed by atoms with Gasteiger partial charge < -0.3 is 24.3 Å². The highest BCUT2D eigenvalue weighted by Gasteiger charge is 2.12. The molecule has 1 amide bonds. The van der Waals surface area contributed by atoms with Gasteiger partial charge in [0.05, 0.1) is 13.2 Å². The zero-order chi connectivity index (χ0) is 20.5. The predicted molar refractivity (Wildman–Crippen MR) is 102 cm³/mol. The molecule has 1 heterocycles. The maximum absolute atomic E-state index is 11.9. The average molecular weight is 389 g/mol. The summed E-state index contributed by atoms with van der Waals surface area (Å²) in [6, 6.07) is 7.17. The van der Waals surface area contributed by atoms with Gasteiger partial charge >= 0.3 is 11.9 Å². The number of carbonyl (C=O) groups excluding carboxylic acids is 2. The highest BCUT2D eigenvalue weighted by molar-refractivity contribution is 5.97. The number of fused-ring (bicyclic) bond motifs is 1. The summed E-state index contributed by atoms with van der Waals surface area (Å²) in [5, 5.41) is 11.9. The van der Waals surface area contributed by atoms with Crippen molar-refractivity contribution in [1.82, 2.24) is 5.32 Å². The molecular formula is C20H23NO7. The molecule has 0 bridgehead atoms. The summed E-state index contributed by atoms with van der Waals surface area (Å²) < 4.78 is 16.2. The number of carboxylic acids is 1. The summed E-state index contributed by atoms with van der Waals surface area (Å²) in [6.45, 7) is 3.71. The molecule has 0 aliphatic rings. The Kier molecular flexibility index (Phi) is 7.62. The number of furan rings is 1. The lowest BCUT2D eigenvalue weighted by atomic mass is 10.2. The molecule has 0 aliphatic heterocycles. The van der Waals surface area contributed by atoms with Gasteiger partial charge in [-0.2, -0.15) is 0 Å². The summed E-state index contributed by atoms with van der Waals surface area (Å²) in [5.41, 5.74) is 1.10. The lowest BCUT2D eigenvalue weighted by Gasteiger charge is -2.05. The van der Waals surface area contributed by atoms with Crippen LogP contribution in [-0.2, 0) is 19.1 Å². The van der Waals surface area contributed by atoms with E-state index in [2.05, 4.69) is 5.32 Å². The quantitative estimate of drug-likeness (QED) is 0.365. The molecule has 0 saturated carbocycles. The Hall–Kier alpha value is -3.29. The number of para-hydroxylation sites is 1. The maximum Gasteiger partial charge on any atom is 0.325 e. The molecule has 0 atom stereocenters. The van der Waals surface area contributed by atoms with Crippen molar-refractivity contribution in [2.45, 2.75) is 26.7 Å². The Bertz CT molecular complexity index is 882. The van der Waals surface area contributed by atoms with E-state index in [1.165, 1.54) is 6.08 Å². The normalized spacial score (nSPS) is 11.3. The smallest absolute Gasteiger partial charge is 0.325 e. The van der Waals surface area contributed by atoms with E-state index >= 15 is 0 Å². The zero-order valence-electron chi connectivity index (χ0n) is 15.8. The van der Waals surface area contributed by atoms with Crippen molar-refractivity contribution >= 4 is 34.4 Å². The largest absolute Gasteiger partial charge is 0.490 e. The molecule has 0 saturated heterocycles. The van der Waals surface area contributed by atoms with Gasteiger partial charge in [-0.15, -0.1) is 0 Å². The monoisotopic (exact) mass is 389 g/mol. The summed E-state index contributed by atoms with van der Waals surface area (Å²) in [5.74, 6) is -0.813. The molecule has 1 aromatic carbocycles. The van der Waals surface area contributed by atoms with Crippen LogP contribution in [0.5, 0.6) is 5.75 Å². The molecular weight excluding hydrogens is 366 g/mol. The second-order valence-corrected chi connectivity index (χ2v) is 5.98. The number of hydrogen-bond acceptors (Lipinski definition) is 6. The number of carbonyl (C=O) groups is 3. The minimum Gasteiger partial charge on any atom is -0.490 e. The van der Waals surface area contributed by atoms with Crippen molar-refractivity contribution in [1.29, 1.82) is 0 Å². The number of rotatable bonds is 10. The fraction of sp³-hybridized carbons (Fsp3) is 0.350. The summed E-state index contributed by atoms with van der Waals surface area (Å²) in [4.78, 5) is 33.8. The van der Waals surface area contributed by atoms with Crippen LogP contribution in [0.1, 0.15) is 32.4 Å². The standard InChI is InChI=1S/C20H23NO7/c1-3-26-19(25)12-21-17(22)10-13(2)16-11-14-6-4-7-15(20(14)28-16)27-9-5-8-18(23)24/h4,6-7,10-11H,3,5,8-9,12H2,1-2H3,(H,21,22)(H,23,24). The highest BCUT2D eigenvalue weighted by atomic mass is 16.5. The third kappa shape index (κ3) is 6.15. The van der Waals surface area contributed by atoms with Crippen LogP contribution < -0.4 is 10.1 Å². The molecule has 8 nitrogen and oxygen atoms in total. The number of ether oxygens (including phenoxy) is 2. The van der Waals surface area contributed by atoms with Crippen LogP contribution in [0.2, 0.25) is 0 Å². The van der Waals surface area contributed by atoms with Gasteiger partial charge in [-0.25, -0.2) is 0 Å². The highest BCUT2D eigenvalue weighted by Crippen LogP contribution is 2.31. The van der Waals surface area contributed by atoms with E-state index in [4.69, 9.17) is 19.0 Å². The van der Waals surface area contributed by atoms with E-state index in [1.807, 2.05) is 6.07 Å². The molecule has 0 radical (unpaired) electrons. The van der Waals surface area contributed by atoms with Crippen LogP contribution in [-0.4, -0.2) is 42.7 Å². The van der Waals surface area contributed by atoms with E-state index in [1.54, 1.807) is 32.0 Å². The van der Waals surface area contributed by atoms with Gasteiger partial charge in [-0.1, -0.05) is 12.1 Å². The fourth-order valence-corrected chi connectivity index (χ4v) is 2.44. The Balaban J connectivity index is 2.06. The minimum absolute atomic E-state index is 0.0299. The topological polar surface area (TPSA) is 115 Å². The number of allylic oxidation sites excluding steroid dienone is 1. The molecule has 0 aliphatic carbocycles. The van der Waals surface area contributed by atoms with Crippen LogP contribution in [0.4, 0.5) is 0 Å². The molecule has 150 valence electrons. The Morgan fingerprint density at radius 3 is 2.79 bits per heavy atom. The SMILES string of the molecule is CCOC(=O)CNC(=O)C=C(C)c1cc2cccc(OCCCC(=O)O)c2o1. The molecule has 1 aromatic heterocycles. The summed E-state index contributed by atoms with van der Waals surface area (Å²) in [7, 11) is 0. The first kappa shape index (κ1) is 21.0. The summed E-state index contributed by atoms with van der Waals surface area (Å²) in [6.07, 6.45) is 1.76. The van der Waals surface area contributed by atoms with E-state index < -0.39 is 17.8 Å². The van der Waals surface area contributed by atoms with Crippen LogP contribution in [0.25, 0.3) is 16.5 Å². The molecule has 0 fully saturated rings. The lowest BCUT2D eigenvalue weighted by molar-refractivity contribution is -0.143. The second kappa shape index (κ2) is 10.1. The number of amides is 1. The Morgan fingerprint density at radius 1 is 1.29 bits per heavy atom. The van der Waals surface area contributed by atoms with Crippen molar-refractivity contribution in [3.05, 3.63) is 36.1 Å². The van der Waals surface area contributed by atoms with E-state index in [9.17, 15) is 14.4 Å². The van der Waals surface area contributed by atoms with Crippen LogP contribution in [0.3, 0.4) is 0 Å². The molecule has 0 unspecified atom stereocenters. The summed E-state index contributed by atoms with van der Waals surface area (Å²) >= 11 is 0. The third-order valence-corrected chi connectivity index (χ3v) is 3.75. The number of nitrogens with one attached hydrogen (secondary N) is 1. The van der Waals surface area contributed by atoms with Crippen LogP contribution in [0, 0.1) is 0 Å². The molecule has 8 heteroatoms. The van der Waals surface area contributed by atoms with Crippen molar-refractivity contribution < 1.29 is 33.4 Å². The number of benzene rings is 1. The van der Waals surface area contributed by atoms with E-state index in [-0.39, 0.29) is 26.2 Å². The van der Waals surface area contributed by atoms with Gasteiger partial charge in [0.15, 0.2) is 11.3 Å². The zero-order valence-corrected chi connectivity index (χ0v) is 15.8. The first-order valence-corrected chi connectivity index (χ1v) is 8.90. The Morgan fingerprint density at radius 2 is 2.07 bits per heavy atom. The van der Waals surface area contributed by atoms with Crippen molar-refractivity contribution in [3.63, 3.8) is 0 Å². The second-order valence-electron chi connectivity index (χ2n) is 5.98. The number of aliphatic carboxylic acids is 1. The number of esters is 1. The molecule has 2 N–H and O–H groups in total. The van der Waals surface area contributed by atoms with Crippen LogP contribution in [0.15, 0.2) is 34.8 Å². The number of carboxylic acid groups (broad SMARTS) is 1. The van der Waals surface area contributed by atoms with Crippen molar-refractivity contribution in [2.24, 2.45) is 0 Å². The Labute approximate surface area is 162 Å². The van der Waals surface area contributed by atoms with Gasteiger partial charge in [-0.3, -0.25) is 14.4 Å². The van der Waals surface area contributed by atoms with E-state index in [0.29, 0.717) is 29.1 Å². The lowest BCUT2D eigenvalue weighted by Crippen LogP contribution is -2.29. The third-order valence-electron chi connectivity index (χ3n) is 3.75. The predicted octanol–water partition coefficient (Wildman–Crippen LogP) is 2.76. The molecule has 2 rings (SSSR count). The van der Waals surface area contributed by atoms with Crippen LogP contribution >= 0.6 is 0 Å². The van der Waals surface area contributed by atoms with Gasteiger partial charge in [-0.05, 0) is 38.0 Å². The average Bonchev–Trinajstić information content (AvgIpc) is 3.09. The molecule has 2 aromatic rings.